The molecule has 0 bridgehead atoms. The molecule has 0 aliphatic carbocycles. The van der Waals surface area contributed by atoms with Crippen LogP contribution in [0.1, 0.15) is 39.1 Å². The maximum absolute atomic E-state index is 12.7. The van der Waals surface area contributed by atoms with Crippen molar-refractivity contribution >= 4 is 22.5 Å². The van der Waals surface area contributed by atoms with Crippen LogP contribution >= 0.6 is 0 Å². The van der Waals surface area contributed by atoms with E-state index in [1.807, 2.05) is 84.9 Å². The summed E-state index contributed by atoms with van der Waals surface area (Å²) in [7, 11) is 1.64. The molecule has 0 saturated carbocycles. The van der Waals surface area contributed by atoms with Crippen molar-refractivity contribution < 1.29 is 19.4 Å². The van der Waals surface area contributed by atoms with Gasteiger partial charge in [0.2, 0.25) is 0 Å². The number of methoxy groups -OCH3 is 1. The summed E-state index contributed by atoms with van der Waals surface area (Å²) in [6.07, 6.45) is 1.51. The van der Waals surface area contributed by atoms with E-state index in [0.717, 1.165) is 33.2 Å². The standard InChI is InChI=1S/C28H24O4/c1-32-24-17-15-20(16-18-24)19-9-12-22(13-10-19)26(29)8-4-6-23-14-11-21-5-2-3-7-25(21)27(23)28(30)31/h2-3,5,7,9-18H,4,6,8H2,1H3,(H,30,31). The molecule has 0 fully saturated rings. The second kappa shape index (κ2) is 9.48. The van der Waals surface area contributed by atoms with Gasteiger partial charge >= 0.3 is 5.97 Å². The molecule has 4 nitrogen and oxygen atoms in total. The summed E-state index contributed by atoms with van der Waals surface area (Å²) in [6.45, 7) is 0. The molecule has 0 aromatic heterocycles. The van der Waals surface area contributed by atoms with Crippen LogP contribution in [0.4, 0.5) is 0 Å². The van der Waals surface area contributed by atoms with E-state index in [0.29, 0.717) is 30.4 Å². The van der Waals surface area contributed by atoms with Crippen LogP contribution in [0.15, 0.2) is 84.9 Å². The Bertz CT molecular complexity index is 1260. The van der Waals surface area contributed by atoms with Crippen LogP contribution in [0.3, 0.4) is 0 Å². The van der Waals surface area contributed by atoms with Gasteiger partial charge in [0.15, 0.2) is 5.78 Å². The summed E-state index contributed by atoms with van der Waals surface area (Å²) in [5.74, 6) is -0.0702. The van der Waals surface area contributed by atoms with Gasteiger partial charge in [-0.3, -0.25) is 4.79 Å². The summed E-state index contributed by atoms with van der Waals surface area (Å²) in [4.78, 5) is 24.5. The van der Waals surface area contributed by atoms with E-state index < -0.39 is 5.97 Å². The molecule has 0 saturated heterocycles. The highest BCUT2D eigenvalue weighted by Crippen LogP contribution is 2.25. The maximum atomic E-state index is 12.7. The highest BCUT2D eigenvalue weighted by atomic mass is 16.5. The van der Waals surface area contributed by atoms with Crippen molar-refractivity contribution in [3.63, 3.8) is 0 Å². The van der Waals surface area contributed by atoms with Gasteiger partial charge in [0.25, 0.3) is 0 Å². The number of hydrogen-bond donors (Lipinski definition) is 1. The van der Waals surface area contributed by atoms with Gasteiger partial charge in [0.05, 0.1) is 12.7 Å². The first kappa shape index (κ1) is 21.3. The van der Waals surface area contributed by atoms with Crippen LogP contribution in [0.2, 0.25) is 0 Å². The quantitative estimate of drug-likeness (QED) is 0.332. The molecule has 4 aromatic carbocycles. The number of carbonyl (C=O) groups is 2. The SMILES string of the molecule is COc1ccc(-c2ccc(C(=O)CCCc3ccc4ccccc4c3C(=O)O)cc2)cc1. The van der Waals surface area contributed by atoms with E-state index in [4.69, 9.17) is 4.74 Å². The number of aromatic carboxylic acids is 1. The molecule has 32 heavy (non-hydrogen) atoms. The molecule has 0 radical (unpaired) electrons. The minimum absolute atomic E-state index is 0.0592. The van der Waals surface area contributed by atoms with Gasteiger partial charge < -0.3 is 9.84 Å². The number of benzene rings is 4. The highest BCUT2D eigenvalue weighted by molar-refractivity contribution is 6.05. The zero-order chi connectivity index (χ0) is 22.5. The van der Waals surface area contributed by atoms with E-state index in [1.165, 1.54) is 0 Å². The molecule has 0 spiro atoms. The van der Waals surface area contributed by atoms with Gasteiger partial charge in [0, 0.05) is 12.0 Å². The fraction of sp³-hybridized carbons (Fsp3) is 0.143. The van der Waals surface area contributed by atoms with Crippen molar-refractivity contribution in [2.45, 2.75) is 19.3 Å². The first-order valence-corrected chi connectivity index (χ1v) is 10.6. The van der Waals surface area contributed by atoms with E-state index in [1.54, 1.807) is 7.11 Å². The molecule has 1 N–H and O–H groups in total. The molecule has 0 atom stereocenters. The first-order chi connectivity index (χ1) is 15.6. The Morgan fingerprint density at radius 3 is 2.12 bits per heavy atom. The van der Waals surface area contributed by atoms with Crippen molar-refractivity contribution in [3.8, 4) is 16.9 Å². The predicted octanol–water partition coefficient (Wildman–Crippen LogP) is 6.42. The fourth-order valence-corrected chi connectivity index (χ4v) is 3.99. The monoisotopic (exact) mass is 424 g/mol. The van der Waals surface area contributed by atoms with Crippen LogP contribution in [-0.4, -0.2) is 24.0 Å². The summed E-state index contributed by atoms with van der Waals surface area (Å²) in [5, 5.41) is 11.4. The van der Waals surface area contributed by atoms with Gasteiger partial charge in [-0.2, -0.15) is 0 Å². The lowest BCUT2D eigenvalue weighted by molar-refractivity contribution is 0.0697. The predicted molar refractivity (Wildman–Crippen MR) is 127 cm³/mol. The van der Waals surface area contributed by atoms with Crippen LogP contribution < -0.4 is 4.74 Å². The molecular formula is C28H24O4. The third-order valence-corrected chi connectivity index (χ3v) is 5.71. The molecule has 0 aliphatic rings. The average molecular weight is 424 g/mol. The zero-order valence-electron chi connectivity index (χ0n) is 17.9. The second-order valence-corrected chi connectivity index (χ2v) is 7.71. The summed E-state index contributed by atoms with van der Waals surface area (Å²) in [6, 6.07) is 26.7. The molecule has 4 aromatic rings. The minimum atomic E-state index is -0.933. The van der Waals surface area contributed by atoms with Gasteiger partial charge in [-0.25, -0.2) is 4.79 Å². The Morgan fingerprint density at radius 1 is 0.812 bits per heavy atom. The minimum Gasteiger partial charge on any atom is -0.497 e. The van der Waals surface area contributed by atoms with E-state index in [2.05, 4.69) is 0 Å². The van der Waals surface area contributed by atoms with Crippen molar-refractivity contribution in [1.82, 2.24) is 0 Å². The third kappa shape index (κ3) is 4.54. The Kier molecular flexibility index (Phi) is 6.31. The molecule has 0 unspecified atom stereocenters. The normalized spacial score (nSPS) is 10.8. The summed E-state index contributed by atoms with van der Waals surface area (Å²) < 4.78 is 5.19. The van der Waals surface area contributed by atoms with Crippen molar-refractivity contribution in [2.75, 3.05) is 7.11 Å². The van der Waals surface area contributed by atoms with Crippen LogP contribution in [-0.2, 0) is 6.42 Å². The first-order valence-electron chi connectivity index (χ1n) is 10.6. The molecule has 160 valence electrons. The summed E-state index contributed by atoms with van der Waals surface area (Å²) in [5.41, 5.74) is 3.85. The lowest BCUT2D eigenvalue weighted by Gasteiger charge is -2.10. The van der Waals surface area contributed by atoms with Gasteiger partial charge in [-0.15, -0.1) is 0 Å². The molecule has 4 heteroatoms. The number of ketones is 1. The lowest BCUT2D eigenvalue weighted by Crippen LogP contribution is -2.05. The third-order valence-electron chi connectivity index (χ3n) is 5.71. The number of carboxylic acid groups (broad SMARTS) is 1. The fourth-order valence-electron chi connectivity index (χ4n) is 3.99. The Morgan fingerprint density at radius 2 is 1.47 bits per heavy atom. The maximum Gasteiger partial charge on any atom is 0.336 e. The Labute approximate surface area is 187 Å². The Balaban J connectivity index is 1.42. The van der Waals surface area contributed by atoms with Crippen LogP contribution in [0.5, 0.6) is 5.75 Å². The number of ether oxygens (including phenoxy) is 1. The zero-order valence-corrected chi connectivity index (χ0v) is 17.9. The molecule has 4 rings (SSSR count). The van der Waals surface area contributed by atoms with E-state index in [-0.39, 0.29) is 5.78 Å². The number of fused-ring (bicyclic) bond motifs is 1. The van der Waals surface area contributed by atoms with Crippen molar-refractivity contribution in [2.24, 2.45) is 0 Å². The average Bonchev–Trinajstić information content (AvgIpc) is 2.83. The van der Waals surface area contributed by atoms with Crippen molar-refractivity contribution in [3.05, 3.63) is 102 Å². The number of aryl methyl sites for hydroxylation is 1. The van der Waals surface area contributed by atoms with Crippen LogP contribution in [0, 0.1) is 0 Å². The number of rotatable bonds is 8. The number of carboxylic acids is 1. The second-order valence-electron chi connectivity index (χ2n) is 7.71. The highest BCUT2D eigenvalue weighted by Gasteiger charge is 2.15. The molecule has 0 amide bonds. The number of carbonyl (C=O) groups excluding carboxylic acids is 1. The van der Waals surface area contributed by atoms with Gasteiger partial charge in [0.1, 0.15) is 5.75 Å². The van der Waals surface area contributed by atoms with Crippen molar-refractivity contribution in [1.29, 1.82) is 0 Å². The van der Waals surface area contributed by atoms with Gasteiger partial charge in [-0.05, 0) is 52.4 Å². The molecule has 0 aliphatic heterocycles. The molecular weight excluding hydrogens is 400 g/mol. The molecule has 0 heterocycles. The smallest absolute Gasteiger partial charge is 0.336 e. The number of hydrogen-bond acceptors (Lipinski definition) is 3. The summed E-state index contributed by atoms with van der Waals surface area (Å²) >= 11 is 0. The van der Waals surface area contributed by atoms with Gasteiger partial charge in [-0.1, -0.05) is 72.8 Å². The van der Waals surface area contributed by atoms with Crippen LogP contribution in [0.25, 0.3) is 21.9 Å². The van der Waals surface area contributed by atoms with E-state index in [9.17, 15) is 14.7 Å². The number of Topliss-reactive ketones (excluding diaryl/α,β-unsaturated/α-hetero) is 1. The lowest BCUT2D eigenvalue weighted by atomic mass is 9.94. The largest absolute Gasteiger partial charge is 0.497 e. The topological polar surface area (TPSA) is 63.6 Å². The Hall–Kier alpha value is -3.92. The van der Waals surface area contributed by atoms with E-state index >= 15 is 0 Å².